The number of phenols is 1. The molecule has 0 aliphatic heterocycles. The topological polar surface area (TPSA) is 106 Å². The molecule has 0 atom stereocenters. The molecule has 6 nitrogen and oxygen atoms in total. The molecule has 0 radical (unpaired) electrons. The third kappa shape index (κ3) is 5.51. The molecule has 6 heteroatoms. The summed E-state index contributed by atoms with van der Waals surface area (Å²) in [5.41, 5.74) is 7.87. The number of hydrogen-bond donors (Lipinski definition) is 3. The fourth-order valence-electron chi connectivity index (χ4n) is 2.49. The van der Waals surface area contributed by atoms with Crippen LogP contribution in [0, 0.1) is 5.41 Å². The number of carbonyl (C=O) groups is 1. The van der Waals surface area contributed by atoms with Crippen LogP contribution in [0.15, 0.2) is 42.5 Å². The molecule has 0 amide bonds. The highest BCUT2D eigenvalue weighted by atomic mass is 16.5. The van der Waals surface area contributed by atoms with Crippen molar-refractivity contribution in [3.8, 4) is 22.6 Å². The smallest absolute Gasteiger partial charge is 0.305 e. The first-order valence-electron chi connectivity index (χ1n) is 8.48. The van der Waals surface area contributed by atoms with Crippen molar-refractivity contribution in [3.05, 3.63) is 48.0 Å². The van der Waals surface area contributed by atoms with Gasteiger partial charge in [-0.3, -0.25) is 10.2 Å². The molecule has 0 saturated heterocycles. The molecule has 0 saturated carbocycles. The van der Waals surface area contributed by atoms with E-state index in [9.17, 15) is 9.90 Å². The first-order valence-corrected chi connectivity index (χ1v) is 8.48. The number of ether oxygens (including phenoxy) is 2. The van der Waals surface area contributed by atoms with Crippen LogP contribution in [0.3, 0.4) is 0 Å². The Morgan fingerprint density at radius 2 is 1.77 bits per heavy atom. The Morgan fingerprint density at radius 3 is 2.38 bits per heavy atom. The van der Waals surface area contributed by atoms with Gasteiger partial charge >= 0.3 is 5.97 Å². The van der Waals surface area contributed by atoms with Crippen LogP contribution in [0.5, 0.6) is 11.5 Å². The van der Waals surface area contributed by atoms with Crippen LogP contribution in [-0.4, -0.2) is 30.6 Å². The second-order valence-corrected chi connectivity index (χ2v) is 5.91. The van der Waals surface area contributed by atoms with Gasteiger partial charge in [-0.15, -0.1) is 0 Å². The van der Waals surface area contributed by atoms with Crippen molar-refractivity contribution in [2.75, 3.05) is 13.7 Å². The SMILES string of the molecule is COC(=O)CCCCCOc1ccc(-c2ccc(C(=N)N)cc2)cc1O. The molecule has 0 spiro atoms. The molecule has 0 bridgehead atoms. The van der Waals surface area contributed by atoms with Gasteiger partial charge in [-0.25, -0.2) is 0 Å². The number of hydrogen-bond acceptors (Lipinski definition) is 5. The van der Waals surface area contributed by atoms with Crippen LogP contribution in [0.25, 0.3) is 11.1 Å². The van der Waals surface area contributed by atoms with E-state index in [1.807, 2.05) is 18.2 Å². The summed E-state index contributed by atoms with van der Waals surface area (Å²) >= 11 is 0. The summed E-state index contributed by atoms with van der Waals surface area (Å²) in [5.74, 6) is 0.333. The number of nitrogens with two attached hydrogens (primary N) is 1. The fourth-order valence-corrected chi connectivity index (χ4v) is 2.49. The number of amidine groups is 1. The quantitative estimate of drug-likeness (QED) is 0.276. The summed E-state index contributed by atoms with van der Waals surface area (Å²) in [7, 11) is 1.38. The van der Waals surface area contributed by atoms with Crippen molar-refractivity contribution >= 4 is 11.8 Å². The maximum Gasteiger partial charge on any atom is 0.305 e. The first-order chi connectivity index (χ1) is 12.5. The lowest BCUT2D eigenvalue weighted by Gasteiger charge is -2.10. The zero-order valence-electron chi connectivity index (χ0n) is 14.8. The summed E-state index contributed by atoms with van der Waals surface area (Å²) in [4.78, 5) is 11.0. The lowest BCUT2D eigenvalue weighted by molar-refractivity contribution is -0.140. The Hall–Kier alpha value is -3.02. The van der Waals surface area contributed by atoms with E-state index in [-0.39, 0.29) is 17.6 Å². The second kappa shape index (κ2) is 9.46. The lowest BCUT2D eigenvalue weighted by Crippen LogP contribution is -2.10. The Balaban J connectivity index is 1.87. The molecule has 0 aliphatic rings. The second-order valence-electron chi connectivity index (χ2n) is 5.91. The normalized spacial score (nSPS) is 10.3. The number of nitrogens with one attached hydrogen (secondary N) is 1. The first kappa shape index (κ1) is 19.3. The van der Waals surface area contributed by atoms with Crippen molar-refractivity contribution in [1.82, 2.24) is 0 Å². The van der Waals surface area contributed by atoms with E-state index in [1.54, 1.807) is 24.3 Å². The summed E-state index contributed by atoms with van der Waals surface area (Å²) in [6.07, 6.45) is 2.83. The predicted molar refractivity (Wildman–Crippen MR) is 101 cm³/mol. The molecule has 0 heterocycles. The third-order valence-corrected chi connectivity index (χ3v) is 4.00. The number of unbranched alkanes of at least 4 members (excludes halogenated alkanes) is 2. The molecule has 0 unspecified atom stereocenters. The molecule has 2 aromatic carbocycles. The zero-order chi connectivity index (χ0) is 18.9. The minimum Gasteiger partial charge on any atom is -0.504 e. The fraction of sp³-hybridized carbons (Fsp3) is 0.300. The molecule has 138 valence electrons. The van der Waals surface area contributed by atoms with Gasteiger partial charge < -0.3 is 20.3 Å². The number of carbonyl (C=O) groups excluding carboxylic acids is 1. The van der Waals surface area contributed by atoms with Crippen LogP contribution in [0.1, 0.15) is 31.2 Å². The van der Waals surface area contributed by atoms with E-state index in [1.165, 1.54) is 7.11 Å². The summed E-state index contributed by atoms with van der Waals surface area (Å²) in [6.45, 7) is 0.474. The van der Waals surface area contributed by atoms with E-state index >= 15 is 0 Å². The summed E-state index contributed by atoms with van der Waals surface area (Å²) in [5, 5.41) is 17.6. The highest BCUT2D eigenvalue weighted by Gasteiger charge is 2.07. The van der Waals surface area contributed by atoms with Crippen LogP contribution in [-0.2, 0) is 9.53 Å². The molecular weight excluding hydrogens is 332 g/mol. The van der Waals surface area contributed by atoms with Gasteiger partial charge in [0, 0.05) is 12.0 Å². The Bertz CT molecular complexity index is 757. The molecule has 4 N–H and O–H groups in total. The lowest BCUT2D eigenvalue weighted by atomic mass is 10.0. The largest absolute Gasteiger partial charge is 0.504 e. The van der Waals surface area contributed by atoms with E-state index in [2.05, 4.69) is 4.74 Å². The summed E-state index contributed by atoms with van der Waals surface area (Å²) in [6, 6.07) is 12.5. The maximum absolute atomic E-state index is 11.0. The molecule has 2 aromatic rings. The standard InChI is InChI=1S/C20H24N2O4/c1-25-19(24)5-3-2-4-12-26-18-11-10-16(13-17(18)23)14-6-8-15(9-7-14)20(21)22/h6-11,13,23H,2-5,12H2,1H3,(H3,21,22). The van der Waals surface area contributed by atoms with E-state index < -0.39 is 0 Å². The maximum atomic E-state index is 11.0. The number of methoxy groups -OCH3 is 1. The van der Waals surface area contributed by atoms with Gasteiger partial charge in [0.05, 0.1) is 13.7 Å². The van der Waals surface area contributed by atoms with Gasteiger partial charge in [-0.2, -0.15) is 0 Å². The van der Waals surface area contributed by atoms with Crippen molar-refractivity contribution in [3.63, 3.8) is 0 Å². The third-order valence-electron chi connectivity index (χ3n) is 4.00. The van der Waals surface area contributed by atoms with Crippen molar-refractivity contribution in [1.29, 1.82) is 5.41 Å². The molecular formula is C20H24N2O4. The predicted octanol–water partition coefficient (Wildman–Crippen LogP) is 3.46. The molecule has 2 rings (SSSR count). The van der Waals surface area contributed by atoms with Crippen molar-refractivity contribution in [2.45, 2.75) is 25.7 Å². The van der Waals surface area contributed by atoms with Gasteiger partial charge in [0.1, 0.15) is 5.84 Å². The van der Waals surface area contributed by atoms with E-state index in [0.29, 0.717) is 24.3 Å². The van der Waals surface area contributed by atoms with Gasteiger partial charge in [0.2, 0.25) is 0 Å². The average molecular weight is 356 g/mol. The number of phenolic OH excluding ortho intramolecular Hbond substituents is 1. The number of nitrogen functional groups attached to an aromatic ring is 1. The van der Waals surface area contributed by atoms with Crippen molar-refractivity contribution in [2.24, 2.45) is 5.73 Å². The van der Waals surface area contributed by atoms with Gasteiger partial charge in [-0.05, 0) is 42.5 Å². The minimum absolute atomic E-state index is 0.0229. The minimum atomic E-state index is -0.199. The van der Waals surface area contributed by atoms with Crippen molar-refractivity contribution < 1.29 is 19.4 Å². The average Bonchev–Trinajstić information content (AvgIpc) is 2.65. The molecule has 0 aromatic heterocycles. The number of benzene rings is 2. The van der Waals surface area contributed by atoms with Gasteiger partial charge in [-0.1, -0.05) is 30.3 Å². The number of aromatic hydroxyl groups is 1. The Labute approximate surface area is 153 Å². The molecule has 0 fully saturated rings. The van der Waals surface area contributed by atoms with Gasteiger partial charge in [0.25, 0.3) is 0 Å². The van der Waals surface area contributed by atoms with Crippen LogP contribution in [0.2, 0.25) is 0 Å². The van der Waals surface area contributed by atoms with Crippen LogP contribution < -0.4 is 10.5 Å². The Morgan fingerprint density at radius 1 is 1.08 bits per heavy atom. The van der Waals surface area contributed by atoms with E-state index in [4.69, 9.17) is 15.9 Å². The summed E-state index contributed by atoms with van der Waals surface area (Å²) < 4.78 is 10.2. The highest BCUT2D eigenvalue weighted by molar-refractivity contribution is 5.95. The Kier molecular flexibility index (Phi) is 7.02. The van der Waals surface area contributed by atoms with Crippen LogP contribution in [0.4, 0.5) is 0 Å². The van der Waals surface area contributed by atoms with Crippen LogP contribution >= 0.6 is 0 Å². The monoisotopic (exact) mass is 356 g/mol. The molecule has 26 heavy (non-hydrogen) atoms. The number of esters is 1. The highest BCUT2D eigenvalue weighted by Crippen LogP contribution is 2.31. The number of rotatable bonds is 9. The van der Waals surface area contributed by atoms with Gasteiger partial charge in [0.15, 0.2) is 11.5 Å². The van der Waals surface area contributed by atoms with E-state index in [0.717, 1.165) is 30.4 Å². The zero-order valence-corrected chi connectivity index (χ0v) is 14.8. The molecule has 0 aliphatic carbocycles.